The van der Waals surface area contributed by atoms with E-state index >= 15 is 0 Å². The predicted molar refractivity (Wildman–Crippen MR) is 142 cm³/mol. The SMILES string of the molecule is CCS(=O)(=O)c1ccc(CC(=O)Nc2nc3c(s2)CN(C(C)c2cccc(C(F)(F)F)c2)[C@@H]3C(C)C)cc1. The molecule has 3 aromatic rings. The molecule has 1 aromatic heterocycles. The average molecular weight is 566 g/mol. The fourth-order valence-electron chi connectivity index (χ4n) is 4.76. The highest BCUT2D eigenvalue weighted by molar-refractivity contribution is 7.91. The Bertz CT molecular complexity index is 1420. The third kappa shape index (κ3) is 5.94. The Balaban J connectivity index is 1.47. The number of carbonyl (C=O) groups excluding carboxylic acids is 1. The summed E-state index contributed by atoms with van der Waals surface area (Å²) in [4.78, 5) is 20.7. The second-order valence-electron chi connectivity index (χ2n) is 9.76. The van der Waals surface area contributed by atoms with Gasteiger partial charge in [-0.2, -0.15) is 13.2 Å². The summed E-state index contributed by atoms with van der Waals surface area (Å²) in [5, 5.41) is 3.32. The van der Waals surface area contributed by atoms with E-state index in [1.54, 1.807) is 25.1 Å². The molecule has 0 aliphatic carbocycles. The molecular formula is C27H30F3N3O3S2. The summed E-state index contributed by atoms with van der Waals surface area (Å²) < 4.78 is 63.8. The quantitative estimate of drug-likeness (QED) is 0.342. The Hall–Kier alpha value is -2.76. The molecule has 2 atom stereocenters. The van der Waals surface area contributed by atoms with Crippen LogP contribution >= 0.6 is 11.3 Å². The van der Waals surface area contributed by atoms with Gasteiger partial charge in [-0.1, -0.05) is 45.0 Å². The molecule has 0 bridgehead atoms. The van der Waals surface area contributed by atoms with Crippen LogP contribution in [0.5, 0.6) is 0 Å². The first kappa shape index (κ1) is 28.3. The fraction of sp³-hybridized carbons (Fsp3) is 0.407. The molecule has 2 aromatic carbocycles. The summed E-state index contributed by atoms with van der Waals surface area (Å²) >= 11 is 1.37. The van der Waals surface area contributed by atoms with Gasteiger partial charge in [-0.05, 0) is 48.2 Å². The van der Waals surface area contributed by atoms with E-state index in [4.69, 9.17) is 4.98 Å². The Morgan fingerprint density at radius 3 is 2.45 bits per heavy atom. The summed E-state index contributed by atoms with van der Waals surface area (Å²) in [6, 6.07) is 11.3. The van der Waals surface area contributed by atoms with Crippen molar-refractivity contribution < 1.29 is 26.4 Å². The van der Waals surface area contributed by atoms with Crippen molar-refractivity contribution in [2.45, 2.75) is 63.8 Å². The van der Waals surface area contributed by atoms with Gasteiger partial charge in [0, 0.05) is 17.5 Å². The van der Waals surface area contributed by atoms with E-state index in [0.29, 0.717) is 22.8 Å². The van der Waals surface area contributed by atoms with E-state index in [0.717, 1.165) is 16.6 Å². The van der Waals surface area contributed by atoms with E-state index in [1.807, 2.05) is 20.8 Å². The van der Waals surface area contributed by atoms with Crippen molar-refractivity contribution in [2.75, 3.05) is 11.1 Å². The van der Waals surface area contributed by atoms with E-state index in [1.165, 1.54) is 35.6 Å². The van der Waals surface area contributed by atoms with Crippen LogP contribution in [0.4, 0.5) is 18.3 Å². The lowest BCUT2D eigenvalue weighted by molar-refractivity contribution is -0.137. The average Bonchev–Trinajstić information content (AvgIpc) is 3.40. The number of carbonyl (C=O) groups is 1. The van der Waals surface area contributed by atoms with Crippen molar-refractivity contribution >= 4 is 32.2 Å². The molecule has 1 unspecified atom stereocenters. The topological polar surface area (TPSA) is 79.4 Å². The summed E-state index contributed by atoms with van der Waals surface area (Å²) in [7, 11) is -3.30. The molecule has 0 spiro atoms. The summed E-state index contributed by atoms with van der Waals surface area (Å²) in [6.45, 7) is 8.10. The number of aromatic nitrogens is 1. The van der Waals surface area contributed by atoms with Gasteiger partial charge in [0.05, 0.1) is 34.4 Å². The van der Waals surface area contributed by atoms with Gasteiger partial charge in [-0.15, -0.1) is 11.3 Å². The molecule has 1 aliphatic heterocycles. The number of alkyl halides is 3. The van der Waals surface area contributed by atoms with Gasteiger partial charge in [-0.3, -0.25) is 9.69 Å². The fourth-order valence-corrected chi connectivity index (χ4v) is 6.67. The number of fused-ring (bicyclic) bond motifs is 1. The van der Waals surface area contributed by atoms with Crippen molar-refractivity contribution in [1.82, 2.24) is 9.88 Å². The van der Waals surface area contributed by atoms with Crippen molar-refractivity contribution in [3.63, 3.8) is 0 Å². The van der Waals surface area contributed by atoms with Crippen LogP contribution < -0.4 is 5.32 Å². The normalized spacial score (nSPS) is 17.0. The number of nitrogens with one attached hydrogen (secondary N) is 1. The van der Waals surface area contributed by atoms with E-state index < -0.39 is 21.6 Å². The highest BCUT2D eigenvalue weighted by atomic mass is 32.2. The maximum absolute atomic E-state index is 13.3. The molecule has 2 heterocycles. The molecule has 0 fully saturated rings. The molecule has 6 nitrogen and oxygen atoms in total. The third-order valence-corrected chi connectivity index (χ3v) is 9.51. The molecule has 204 valence electrons. The molecule has 0 radical (unpaired) electrons. The second-order valence-corrected chi connectivity index (χ2v) is 13.1. The number of sulfone groups is 1. The van der Waals surface area contributed by atoms with Gasteiger partial charge in [0.25, 0.3) is 0 Å². The molecule has 0 saturated heterocycles. The molecule has 4 rings (SSSR count). The molecule has 11 heteroatoms. The van der Waals surface area contributed by atoms with Crippen molar-refractivity contribution in [2.24, 2.45) is 5.92 Å². The first-order chi connectivity index (χ1) is 17.8. The largest absolute Gasteiger partial charge is 0.416 e. The highest BCUT2D eigenvalue weighted by Crippen LogP contribution is 2.46. The summed E-state index contributed by atoms with van der Waals surface area (Å²) in [6.07, 6.45) is -4.33. The molecule has 0 saturated carbocycles. The van der Waals surface area contributed by atoms with Crippen molar-refractivity contribution in [3.8, 4) is 0 Å². The molecule has 1 N–H and O–H groups in total. The Morgan fingerprint density at radius 1 is 1.16 bits per heavy atom. The van der Waals surface area contributed by atoms with Crippen LogP contribution in [0, 0.1) is 5.92 Å². The first-order valence-corrected chi connectivity index (χ1v) is 14.8. The molecule has 1 aliphatic rings. The van der Waals surface area contributed by atoms with E-state index in [9.17, 15) is 26.4 Å². The van der Waals surface area contributed by atoms with Crippen molar-refractivity contribution in [1.29, 1.82) is 0 Å². The summed E-state index contributed by atoms with van der Waals surface area (Å²) in [5.74, 6) is -0.110. The second kappa shape index (κ2) is 10.8. The zero-order chi connectivity index (χ0) is 27.8. The lowest BCUT2D eigenvalue weighted by Gasteiger charge is -2.33. The van der Waals surface area contributed by atoms with Gasteiger partial charge in [0.1, 0.15) is 0 Å². The van der Waals surface area contributed by atoms with Crippen LogP contribution in [-0.2, 0) is 33.8 Å². The maximum Gasteiger partial charge on any atom is 0.416 e. The molecule has 1 amide bonds. The van der Waals surface area contributed by atoms with Crippen LogP contribution in [0.2, 0.25) is 0 Å². The predicted octanol–water partition coefficient (Wildman–Crippen LogP) is 6.41. The summed E-state index contributed by atoms with van der Waals surface area (Å²) in [5.41, 5.74) is 1.45. The number of nitrogens with zero attached hydrogens (tertiary/aromatic N) is 2. The zero-order valence-electron chi connectivity index (χ0n) is 21.5. The van der Waals surface area contributed by atoms with Crippen LogP contribution in [0.15, 0.2) is 53.4 Å². The van der Waals surface area contributed by atoms with Gasteiger partial charge in [0.2, 0.25) is 5.91 Å². The smallest absolute Gasteiger partial charge is 0.302 e. The van der Waals surface area contributed by atoms with Crippen LogP contribution in [0.1, 0.15) is 67.0 Å². The minimum Gasteiger partial charge on any atom is -0.302 e. The number of anilines is 1. The third-order valence-electron chi connectivity index (χ3n) is 6.79. The number of benzene rings is 2. The number of hydrogen-bond donors (Lipinski definition) is 1. The number of amides is 1. The Labute approximate surface area is 224 Å². The minimum absolute atomic E-state index is 0.00900. The molecule has 38 heavy (non-hydrogen) atoms. The molecular weight excluding hydrogens is 535 g/mol. The minimum atomic E-state index is -4.40. The van der Waals surface area contributed by atoms with Gasteiger partial charge in [0.15, 0.2) is 15.0 Å². The zero-order valence-corrected chi connectivity index (χ0v) is 23.2. The Morgan fingerprint density at radius 2 is 1.84 bits per heavy atom. The van der Waals surface area contributed by atoms with Crippen LogP contribution in [0.25, 0.3) is 0 Å². The standard InChI is InChI=1S/C27H30F3N3O3S2/c1-5-38(35,36)21-11-9-18(10-12-21)13-23(34)31-26-32-24-22(37-26)15-33(25(24)16(2)3)17(4)19-7-6-8-20(14-19)27(28,29)30/h6-12,14,16-17,25H,5,13,15H2,1-4H3,(H,31,32,34)/t17?,25-/m1/s1. The monoisotopic (exact) mass is 565 g/mol. The number of hydrogen-bond acceptors (Lipinski definition) is 6. The van der Waals surface area contributed by atoms with Crippen LogP contribution in [-0.4, -0.2) is 30.0 Å². The van der Waals surface area contributed by atoms with E-state index in [-0.39, 0.29) is 41.0 Å². The number of halogens is 3. The maximum atomic E-state index is 13.3. The van der Waals surface area contributed by atoms with Crippen molar-refractivity contribution in [3.05, 3.63) is 75.8 Å². The van der Waals surface area contributed by atoms with Crippen LogP contribution in [0.3, 0.4) is 0 Å². The number of thiazole rings is 1. The van der Waals surface area contributed by atoms with Gasteiger partial charge < -0.3 is 5.32 Å². The first-order valence-electron chi connectivity index (χ1n) is 12.3. The van der Waals surface area contributed by atoms with Gasteiger partial charge >= 0.3 is 6.18 Å². The highest BCUT2D eigenvalue weighted by Gasteiger charge is 2.39. The van der Waals surface area contributed by atoms with Gasteiger partial charge in [-0.25, -0.2) is 13.4 Å². The Kier molecular flexibility index (Phi) is 8.02. The number of rotatable bonds is 8. The lowest BCUT2D eigenvalue weighted by Crippen LogP contribution is -2.29. The lowest BCUT2D eigenvalue weighted by atomic mass is 9.97. The van der Waals surface area contributed by atoms with E-state index in [2.05, 4.69) is 10.2 Å².